The standard InChI is InChI=1S/C14H26N2/c1-11(2)9-16-14(10-15)7-3-4-13(8-14)12-5-6-12/h12-13,16H,1,3-10,15H2,2H3. The van der Waals surface area contributed by atoms with Crippen LogP contribution in [0.15, 0.2) is 12.2 Å². The zero-order chi connectivity index (χ0) is 11.6. The molecule has 3 N–H and O–H groups in total. The average molecular weight is 222 g/mol. The summed E-state index contributed by atoms with van der Waals surface area (Å²) in [5.74, 6) is 1.97. The predicted octanol–water partition coefficient (Wildman–Crippen LogP) is 2.45. The Labute approximate surface area is 99.7 Å². The lowest BCUT2D eigenvalue weighted by Crippen LogP contribution is -2.54. The molecule has 2 aliphatic rings. The third kappa shape index (κ3) is 2.86. The smallest absolute Gasteiger partial charge is 0.0309 e. The molecule has 2 nitrogen and oxygen atoms in total. The van der Waals surface area contributed by atoms with Crippen LogP contribution in [0.1, 0.15) is 45.4 Å². The van der Waals surface area contributed by atoms with Crippen molar-refractivity contribution >= 4 is 0 Å². The van der Waals surface area contributed by atoms with Crippen molar-refractivity contribution in [2.24, 2.45) is 17.6 Å². The lowest BCUT2D eigenvalue weighted by Gasteiger charge is -2.41. The Balaban J connectivity index is 1.92. The van der Waals surface area contributed by atoms with Gasteiger partial charge in [0.15, 0.2) is 0 Å². The Morgan fingerprint density at radius 2 is 2.12 bits per heavy atom. The van der Waals surface area contributed by atoms with Crippen LogP contribution in [0.5, 0.6) is 0 Å². The Kier molecular flexibility index (Phi) is 3.70. The molecule has 0 saturated heterocycles. The van der Waals surface area contributed by atoms with Crippen molar-refractivity contribution in [1.29, 1.82) is 0 Å². The molecule has 2 rings (SSSR count). The van der Waals surface area contributed by atoms with Crippen molar-refractivity contribution in [3.8, 4) is 0 Å². The molecule has 16 heavy (non-hydrogen) atoms. The SMILES string of the molecule is C=C(C)CNC1(CN)CCCC(C2CC2)C1. The number of hydrogen-bond acceptors (Lipinski definition) is 2. The van der Waals surface area contributed by atoms with Gasteiger partial charge in [0.2, 0.25) is 0 Å². The van der Waals surface area contributed by atoms with E-state index >= 15 is 0 Å². The molecular formula is C14H26N2. The van der Waals surface area contributed by atoms with Crippen LogP contribution in [-0.4, -0.2) is 18.6 Å². The summed E-state index contributed by atoms with van der Waals surface area (Å²) in [5.41, 5.74) is 7.44. The summed E-state index contributed by atoms with van der Waals surface area (Å²) in [7, 11) is 0. The molecule has 2 aliphatic carbocycles. The minimum absolute atomic E-state index is 0.213. The van der Waals surface area contributed by atoms with Crippen LogP contribution in [0.3, 0.4) is 0 Å². The van der Waals surface area contributed by atoms with Gasteiger partial charge < -0.3 is 11.1 Å². The van der Waals surface area contributed by atoms with Crippen molar-refractivity contribution < 1.29 is 0 Å². The Hall–Kier alpha value is -0.340. The number of nitrogens with one attached hydrogen (secondary N) is 1. The van der Waals surface area contributed by atoms with Gasteiger partial charge in [-0.3, -0.25) is 0 Å². The molecule has 0 aromatic rings. The quantitative estimate of drug-likeness (QED) is 0.701. The molecule has 0 aliphatic heterocycles. The predicted molar refractivity (Wildman–Crippen MR) is 69.3 cm³/mol. The monoisotopic (exact) mass is 222 g/mol. The highest BCUT2D eigenvalue weighted by Gasteiger charge is 2.40. The highest BCUT2D eigenvalue weighted by molar-refractivity contribution is 5.01. The van der Waals surface area contributed by atoms with Gasteiger partial charge in [-0.1, -0.05) is 25.0 Å². The van der Waals surface area contributed by atoms with Crippen LogP contribution in [0, 0.1) is 11.8 Å². The summed E-state index contributed by atoms with van der Waals surface area (Å²) in [6.45, 7) is 7.76. The minimum atomic E-state index is 0.213. The van der Waals surface area contributed by atoms with Gasteiger partial charge in [0, 0.05) is 18.6 Å². The van der Waals surface area contributed by atoms with E-state index in [1.165, 1.54) is 44.1 Å². The first-order valence-corrected chi connectivity index (χ1v) is 6.75. The van der Waals surface area contributed by atoms with E-state index in [1.807, 2.05) is 0 Å². The largest absolute Gasteiger partial charge is 0.329 e. The van der Waals surface area contributed by atoms with E-state index in [-0.39, 0.29) is 5.54 Å². The van der Waals surface area contributed by atoms with Crippen molar-refractivity contribution in [1.82, 2.24) is 5.32 Å². The normalized spacial score (nSPS) is 35.0. The van der Waals surface area contributed by atoms with E-state index in [9.17, 15) is 0 Å². The van der Waals surface area contributed by atoms with Gasteiger partial charge in [-0.15, -0.1) is 0 Å². The van der Waals surface area contributed by atoms with E-state index < -0.39 is 0 Å². The van der Waals surface area contributed by atoms with E-state index in [0.717, 1.165) is 24.9 Å². The molecule has 92 valence electrons. The van der Waals surface area contributed by atoms with Crippen molar-refractivity contribution in [2.45, 2.75) is 51.0 Å². The molecular weight excluding hydrogens is 196 g/mol. The van der Waals surface area contributed by atoms with Crippen molar-refractivity contribution in [3.63, 3.8) is 0 Å². The molecule has 2 heteroatoms. The molecule has 0 aromatic carbocycles. The van der Waals surface area contributed by atoms with Crippen LogP contribution < -0.4 is 11.1 Å². The fourth-order valence-corrected chi connectivity index (χ4v) is 3.14. The summed E-state index contributed by atoms with van der Waals surface area (Å²) in [6.07, 6.45) is 8.25. The molecule has 0 radical (unpaired) electrons. The van der Waals surface area contributed by atoms with E-state index in [0.29, 0.717) is 0 Å². The zero-order valence-corrected chi connectivity index (χ0v) is 10.6. The number of rotatable bonds is 5. The maximum atomic E-state index is 6.02. The first-order valence-electron chi connectivity index (χ1n) is 6.75. The lowest BCUT2D eigenvalue weighted by molar-refractivity contribution is 0.174. The van der Waals surface area contributed by atoms with Crippen molar-refractivity contribution in [2.75, 3.05) is 13.1 Å². The highest BCUT2D eigenvalue weighted by Crippen LogP contribution is 2.46. The highest BCUT2D eigenvalue weighted by atomic mass is 15.0. The molecule has 0 bridgehead atoms. The van der Waals surface area contributed by atoms with Gasteiger partial charge >= 0.3 is 0 Å². The maximum Gasteiger partial charge on any atom is 0.0309 e. The number of hydrogen-bond donors (Lipinski definition) is 2. The summed E-state index contributed by atoms with van der Waals surface area (Å²) in [4.78, 5) is 0. The summed E-state index contributed by atoms with van der Waals surface area (Å²) in [5, 5.41) is 3.67. The zero-order valence-electron chi connectivity index (χ0n) is 10.6. The second kappa shape index (κ2) is 4.89. The molecule has 2 atom stereocenters. The van der Waals surface area contributed by atoms with Gasteiger partial charge in [-0.05, 0) is 44.4 Å². The van der Waals surface area contributed by atoms with Crippen molar-refractivity contribution in [3.05, 3.63) is 12.2 Å². The topological polar surface area (TPSA) is 38.0 Å². The molecule has 0 spiro atoms. The van der Waals surface area contributed by atoms with Crippen LogP contribution in [0.4, 0.5) is 0 Å². The van der Waals surface area contributed by atoms with Gasteiger partial charge in [-0.25, -0.2) is 0 Å². The van der Waals surface area contributed by atoms with Gasteiger partial charge in [0.1, 0.15) is 0 Å². The Bertz CT molecular complexity index is 257. The molecule has 2 saturated carbocycles. The molecule has 2 unspecified atom stereocenters. The average Bonchev–Trinajstić information content (AvgIpc) is 3.11. The van der Waals surface area contributed by atoms with Gasteiger partial charge in [0.25, 0.3) is 0 Å². The van der Waals surface area contributed by atoms with E-state index in [2.05, 4.69) is 18.8 Å². The summed E-state index contributed by atoms with van der Waals surface area (Å²) >= 11 is 0. The van der Waals surface area contributed by atoms with Crippen LogP contribution in [0.2, 0.25) is 0 Å². The fraction of sp³-hybridized carbons (Fsp3) is 0.857. The molecule has 0 amide bonds. The second-order valence-electron chi connectivity index (χ2n) is 5.99. The maximum absolute atomic E-state index is 6.02. The van der Waals surface area contributed by atoms with E-state index in [1.54, 1.807) is 0 Å². The first kappa shape index (κ1) is 12.1. The summed E-state index contributed by atoms with van der Waals surface area (Å²) < 4.78 is 0. The van der Waals surface area contributed by atoms with Gasteiger partial charge in [0.05, 0.1) is 0 Å². The van der Waals surface area contributed by atoms with E-state index in [4.69, 9.17) is 5.73 Å². The van der Waals surface area contributed by atoms with Crippen LogP contribution in [-0.2, 0) is 0 Å². The fourth-order valence-electron chi connectivity index (χ4n) is 3.14. The summed E-state index contributed by atoms with van der Waals surface area (Å²) in [6, 6.07) is 0. The first-order chi connectivity index (χ1) is 7.65. The van der Waals surface area contributed by atoms with Crippen LogP contribution in [0.25, 0.3) is 0 Å². The molecule has 0 heterocycles. The Morgan fingerprint density at radius 3 is 2.69 bits per heavy atom. The number of nitrogens with two attached hydrogens (primary N) is 1. The van der Waals surface area contributed by atoms with Gasteiger partial charge in [-0.2, -0.15) is 0 Å². The third-order valence-corrected chi connectivity index (χ3v) is 4.33. The Morgan fingerprint density at radius 1 is 1.38 bits per heavy atom. The van der Waals surface area contributed by atoms with Crippen LogP contribution >= 0.6 is 0 Å². The molecule has 0 aromatic heterocycles. The lowest BCUT2D eigenvalue weighted by atomic mass is 9.73. The third-order valence-electron chi connectivity index (χ3n) is 4.33. The minimum Gasteiger partial charge on any atom is -0.329 e. The molecule has 2 fully saturated rings. The second-order valence-corrected chi connectivity index (χ2v) is 5.99.